The molecule has 0 aliphatic heterocycles. The fourth-order valence-electron chi connectivity index (χ4n) is 3.33. The second kappa shape index (κ2) is 7.33. The molecule has 0 saturated carbocycles. The number of halogens is 1. The minimum atomic E-state index is -0.216. The molecule has 29 heavy (non-hydrogen) atoms. The maximum absolute atomic E-state index is 13.1. The number of aromatic nitrogens is 3. The Hall–Kier alpha value is -3.18. The van der Waals surface area contributed by atoms with Crippen LogP contribution in [-0.4, -0.2) is 20.7 Å². The van der Waals surface area contributed by atoms with Gasteiger partial charge in [-0.05, 0) is 63.6 Å². The first kappa shape index (κ1) is 19.2. The summed E-state index contributed by atoms with van der Waals surface area (Å²) < 4.78 is 1.79. The van der Waals surface area contributed by atoms with Crippen LogP contribution in [0.3, 0.4) is 0 Å². The second-order valence-electron chi connectivity index (χ2n) is 7.26. The molecule has 0 fully saturated rings. The molecule has 0 saturated heterocycles. The van der Waals surface area contributed by atoms with Crippen LogP contribution in [0, 0.1) is 27.7 Å². The van der Waals surface area contributed by atoms with Crippen molar-refractivity contribution in [3.63, 3.8) is 0 Å². The summed E-state index contributed by atoms with van der Waals surface area (Å²) in [5, 5.41) is 8.96. The molecule has 2 heterocycles. The standard InChI is InChI=1S/C23H21ClN4O/c1-13-5-9-18(10-6-13)28-22-21(16(4)27-28)19(11-15(3)25-22)23(29)26-17-8-7-14(2)20(24)12-17/h5-12H,1-4H3,(H,26,29). The molecule has 0 aliphatic rings. The monoisotopic (exact) mass is 404 g/mol. The zero-order valence-corrected chi connectivity index (χ0v) is 17.5. The quantitative estimate of drug-likeness (QED) is 0.486. The maximum Gasteiger partial charge on any atom is 0.256 e. The van der Waals surface area contributed by atoms with Crippen molar-refractivity contribution in [2.75, 3.05) is 5.32 Å². The van der Waals surface area contributed by atoms with Crippen LogP contribution in [0.25, 0.3) is 16.7 Å². The molecule has 0 aliphatic carbocycles. The topological polar surface area (TPSA) is 59.8 Å². The zero-order chi connectivity index (χ0) is 20.7. The maximum atomic E-state index is 13.1. The number of rotatable bonds is 3. The normalized spacial score (nSPS) is 11.1. The van der Waals surface area contributed by atoms with Gasteiger partial charge >= 0.3 is 0 Å². The lowest BCUT2D eigenvalue weighted by Gasteiger charge is -2.09. The highest BCUT2D eigenvalue weighted by molar-refractivity contribution is 6.31. The molecule has 5 nitrogen and oxygen atoms in total. The van der Waals surface area contributed by atoms with E-state index in [0.29, 0.717) is 21.9 Å². The van der Waals surface area contributed by atoms with Gasteiger partial charge in [-0.3, -0.25) is 4.79 Å². The number of amides is 1. The predicted octanol–water partition coefficient (Wildman–Crippen LogP) is 5.56. The molecular formula is C23H21ClN4O. The van der Waals surface area contributed by atoms with E-state index in [1.54, 1.807) is 16.8 Å². The lowest BCUT2D eigenvalue weighted by Crippen LogP contribution is -2.13. The van der Waals surface area contributed by atoms with E-state index in [-0.39, 0.29) is 5.91 Å². The first-order valence-electron chi connectivity index (χ1n) is 9.35. The zero-order valence-electron chi connectivity index (χ0n) is 16.7. The number of nitrogens with one attached hydrogen (secondary N) is 1. The van der Waals surface area contributed by atoms with Gasteiger partial charge in [-0.25, -0.2) is 9.67 Å². The molecule has 2 aromatic carbocycles. The number of anilines is 1. The van der Waals surface area contributed by atoms with Crippen LogP contribution in [0.2, 0.25) is 5.02 Å². The largest absolute Gasteiger partial charge is 0.322 e. The lowest BCUT2D eigenvalue weighted by atomic mass is 10.1. The lowest BCUT2D eigenvalue weighted by molar-refractivity contribution is 0.102. The minimum Gasteiger partial charge on any atom is -0.322 e. The van der Waals surface area contributed by atoms with Crippen LogP contribution < -0.4 is 5.32 Å². The summed E-state index contributed by atoms with van der Waals surface area (Å²) in [5.41, 5.74) is 6.39. The van der Waals surface area contributed by atoms with Gasteiger partial charge in [0.05, 0.1) is 22.3 Å². The number of hydrogen-bond donors (Lipinski definition) is 1. The Morgan fingerprint density at radius 2 is 1.72 bits per heavy atom. The highest BCUT2D eigenvalue weighted by Crippen LogP contribution is 2.26. The first-order valence-corrected chi connectivity index (χ1v) is 9.73. The Morgan fingerprint density at radius 3 is 2.41 bits per heavy atom. The van der Waals surface area contributed by atoms with Crippen molar-refractivity contribution in [1.29, 1.82) is 0 Å². The summed E-state index contributed by atoms with van der Waals surface area (Å²) in [6.07, 6.45) is 0. The van der Waals surface area contributed by atoms with Gasteiger partial charge in [0.15, 0.2) is 5.65 Å². The smallest absolute Gasteiger partial charge is 0.256 e. The van der Waals surface area contributed by atoms with Crippen molar-refractivity contribution in [3.8, 4) is 5.69 Å². The number of hydrogen-bond acceptors (Lipinski definition) is 3. The van der Waals surface area contributed by atoms with Gasteiger partial charge in [-0.15, -0.1) is 0 Å². The molecule has 0 radical (unpaired) electrons. The molecule has 0 atom stereocenters. The van der Waals surface area contributed by atoms with Gasteiger partial charge in [-0.2, -0.15) is 5.10 Å². The van der Waals surface area contributed by atoms with Crippen LogP contribution >= 0.6 is 11.6 Å². The molecule has 4 aromatic rings. The Labute approximate surface area is 174 Å². The number of carbonyl (C=O) groups excluding carboxylic acids is 1. The van der Waals surface area contributed by atoms with E-state index in [2.05, 4.69) is 15.4 Å². The van der Waals surface area contributed by atoms with E-state index in [4.69, 9.17) is 11.6 Å². The Balaban J connectivity index is 1.81. The van der Waals surface area contributed by atoms with Crippen LogP contribution in [0.1, 0.15) is 32.9 Å². The molecule has 2 aromatic heterocycles. The van der Waals surface area contributed by atoms with E-state index in [1.807, 2.05) is 64.1 Å². The van der Waals surface area contributed by atoms with Gasteiger partial charge in [0.1, 0.15) is 0 Å². The molecule has 146 valence electrons. The van der Waals surface area contributed by atoms with Gasteiger partial charge in [0, 0.05) is 16.4 Å². The van der Waals surface area contributed by atoms with Gasteiger partial charge in [-0.1, -0.05) is 35.4 Å². The van der Waals surface area contributed by atoms with Crippen molar-refractivity contribution in [1.82, 2.24) is 14.8 Å². The molecule has 4 rings (SSSR count). The molecule has 0 bridgehead atoms. The van der Waals surface area contributed by atoms with Crippen LogP contribution in [0.5, 0.6) is 0 Å². The van der Waals surface area contributed by atoms with E-state index in [0.717, 1.165) is 28.0 Å². The van der Waals surface area contributed by atoms with Crippen LogP contribution in [-0.2, 0) is 0 Å². The van der Waals surface area contributed by atoms with E-state index < -0.39 is 0 Å². The number of pyridine rings is 1. The molecule has 1 amide bonds. The number of aryl methyl sites for hydroxylation is 4. The number of benzene rings is 2. The average Bonchev–Trinajstić information content (AvgIpc) is 3.01. The summed E-state index contributed by atoms with van der Waals surface area (Å²) in [4.78, 5) is 17.8. The summed E-state index contributed by atoms with van der Waals surface area (Å²) in [6, 6.07) is 15.3. The van der Waals surface area contributed by atoms with E-state index >= 15 is 0 Å². The molecule has 0 spiro atoms. The van der Waals surface area contributed by atoms with E-state index in [9.17, 15) is 4.79 Å². The third-order valence-electron chi connectivity index (χ3n) is 4.89. The highest BCUT2D eigenvalue weighted by atomic mass is 35.5. The van der Waals surface area contributed by atoms with E-state index in [1.165, 1.54) is 5.56 Å². The molecule has 0 unspecified atom stereocenters. The SMILES string of the molecule is Cc1ccc(-n2nc(C)c3c(C(=O)Nc4ccc(C)c(Cl)c4)cc(C)nc32)cc1. The summed E-state index contributed by atoms with van der Waals surface area (Å²) >= 11 is 6.20. The second-order valence-corrected chi connectivity index (χ2v) is 7.67. The Bertz CT molecular complexity index is 1240. The number of carbonyl (C=O) groups is 1. The van der Waals surface area contributed by atoms with Crippen molar-refractivity contribution in [3.05, 3.63) is 81.6 Å². The summed E-state index contributed by atoms with van der Waals surface area (Å²) in [7, 11) is 0. The first-order chi connectivity index (χ1) is 13.8. The Kier molecular flexibility index (Phi) is 4.84. The average molecular weight is 405 g/mol. The van der Waals surface area contributed by atoms with Crippen molar-refractivity contribution < 1.29 is 4.79 Å². The van der Waals surface area contributed by atoms with Gasteiger partial charge < -0.3 is 5.32 Å². The molecule has 1 N–H and O–H groups in total. The Morgan fingerprint density at radius 1 is 1.00 bits per heavy atom. The fraction of sp³-hybridized carbons (Fsp3) is 0.174. The highest BCUT2D eigenvalue weighted by Gasteiger charge is 2.20. The molecular weight excluding hydrogens is 384 g/mol. The minimum absolute atomic E-state index is 0.216. The van der Waals surface area contributed by atoms with Crippen molar-refractivity contribution in [2.24, 2.45) is 0 Å². The summed E-state index contributed by atoms with van der Waals surface area (Å²) in [5.74, 6) is -0.216. The number of nitrogens with zero attached hydrogens (tertiary/aromatic N) is 3. The third kappa shape index (κ3) is 3.61. The van der Waals surface area contributed by atoms with Gasteiger partial charge in [0.25, 0.3) is 5.91 Å². The predicted molar refractivity (Wildman–Crippen MR) is 117 cm³/mol. The molecule has 6 heteroatoms. The number of fused-ring (bicyclic) bond motifs is 1. The van der Waals surface area contributed by atoms with Crippen molar-refractivity contribution >= 4 is 34.2 Å². The third-order valence-corrected chi connectivity index (χ3v) is 5.30. The van der Waals surface area contributed by atoms with Crippen LogP contribution in [0.15, 0.2) is 48.5 Å². The summed E-state index contributed by atoms with van der Waals surface area (Å²) in [6.45, 7) is 7.73. The van der Waals surface area contributed by atoms with Crippen LogP contribution in [0.4, 0.5) is 5.69 Å². The van der Waals surface area contributed by atoms with Crippen molar-refractivity contribution in [2.45, 2.75) is 27.7 Å². The van der Waals surface area contributed by atoms with Gasteiger partial charge in [0.2, 0.25) is 0 Å². The fourth-order valence-corrected chi connectivity index (χ4v) is 3.51.